The summed E-state index contributed by atoms with van der Waals surface area (Å²) in [5, 5.41) is 2.08. The van der Waals surface area contributed by atoms with E-state index in [0.717, 1.165) is 19.0 Å². The third-order valence-electron chi connectivity index (χ3n) is 3.53. The van der Waals surface area contributed by atoms with Gasteiger partial charge in [0.15, 0.2) is 0 Å². The third-order valence-corrected chi connectivity index (χ3v) is 3.62. The van der Waals surface area contributed by atoms with Crippen LogP contribution in [0.5, 0.6) is 0 Å². The minimum absolute atomic E-state index is 0.0954. The molecule has 0 N–H and O–H groups in total. The van der Waals surface area contributed by atoms with Gasteiger partial charge >= 0.3 is 6.18 Å². The van der Waals surface area contributed by atoms with Crippen molar-refractivity contribution in [2.75, 3.05) is 20.2 Å². The van der Waals surface area contributed by atoms with E-state index in [9.17, 15) is 13.2 Å². The number of ether oxygens (including phenoxy) is 1. The molecule has 3 nitrogen and oxygen atoms in total. The first-order chi connectivity index (χ1) is 9.94. The lowest BCUT2D eigenvalue weighted by Gasteiger charge is -2.19. The Labute approximate surface area is 126 Å². The number of benzene rings is 1. The Morgan fingerprint density at radius 2 is 2.24 bits per heavy atom. The van der Waals surface area contributed by atoms with Crippen LogP contribution < -0.4 is 0 Å². The number of isothiocyanates is 1. The number of rotatable bonds is 4. The van der Waals surface area contributed by atoms with Crippen LogP contribution >= 0.6 is 12.2 Å². The van der Waals surface area contributed by atoms with Gasteiger partial charge < -0.3 is 4.74 Å². The molecule has 0 aliphatic carbocycles. The van der Waals surface area contributed by atoms with E-state index in [4.69, 9.17) is 4.74 Å². The Balaban J connectivity index is 2.24. The average molecular weight is 316 g/mol. The van der Waals surface area contributed by atoms with Crippen molar-refractivity contribution in [3.63, 3.8) is 0 Å². The van der Waals surface area contributed by atoms with Crippen LogP contribution in [0.2, 0.25) is 0 Å². The van der Waals surface area contributed by atoms with E-state index in [1.165, 1.54) is 12.1 Å². The summed E-state index contributed by atoms with van der Waals surface area (Å²) in [5.74, 6) is 0. The summed E-state index contributed by atoms with van der Waals surface area (Å²) >= 11 is 4.43. The molecule has 0 radical (unpaired) electrons. The smallest absolute Gasteiger partial charge is 0.380 e. The molecule has 2 rings (SSSR count). The molecule has 0 bridgehead atoms. The Morgan fingerprint density at radius 3 is 2.81 bits per heavy atom. The van der Waals surface area contributed by atoms with Crippen molar-refractivity contribution in [2.45, 2.75) is 25.2 Å². The largest absolute Gasteiger partial charge is 0.416 e. The lowest BCUT2D eigenvalue weighted by molar-refractivity contribution is -0.138. The fourth-order valence-corrected chi connectivity index (χ4v) is 2.57. The fourth-order valence-electron chi connectivity index (χ4n) is 2.46. The number of methoxy groups -OCH3 is 1. The molecule has 1 aliphatic rings. The maximum atomic E-state index is 13.2. The molecule has 1 aliphatic heterocycles. The van der Waals surface area contributed by atoms with Crippen molar-refractivity contribution in [1.82, 2.24) is 4.90 Å². The van der Waals surface area contributed by atoms with E-state index < -0.39 is 11.7 Å². The molecule has 0 unspecified atom stereocenters. The second-order valence-electron chi connectivity index (χ2n) is 4.92. The lowest BCUT2D eigenvalue weighted by atomic mass is 10.1. The summed E-state index contributed by atoms with van der Waals surface area (Å²) in [5.41, 5.74) is -0.269. The first-order valence-corrected chi connectivity index (χ1v) is 6.88. The van der Waals surface area contributed by atoms with Crippen molar-refractivity contribution in [2.24, 2.45) is 4.99 Å². The van der Waals surface area contributed by atoms with E-state index in [1.54, 1.807) is 7.11 Å². The minimum atomic E-state index is -4.41. The number of nitrogens with zero attached hydrogens (tertiary/aromatic N) is 2. The predicted octanol–water partition coefficient (Wildman–Crippen LogP) is 3.66. The molecular formula is C14H15F3N2OS. The number of alkyl halides is 3. The zero-order valence-electron chi connectivity index (χ0n) is 11.5. The van der Waals surface area contributed by atoms with Crippen molar-refractivity contribution in [3.8, 4) is 0 Å². The molecule has 0 spiro atoms. The number of hydrogen-bond donors (Lipinski definition) is 0. The van der Waals surface area contributed by atoms with Crippen molar-refractivity contribution in [1.29, 1.82) is 0 Å². The topological polar surface area (TPSA) is 24.8 Å². The monoisotopic (exact) mass is 316 g/mol. The summed E-state index contributed by atoms with van der Waals surface area (Å²) in [6.07, 6.45) is -3.48. The van der Waals surface area contributed by atoms with Crippen LogP contribution in [0.3, 0.4) is 0 Å². The van der Waals surface area contributed by atoms with Gasteiger partial charge in [0, 0.05) is 26.7 Å². The molecule has 1 atom stereocenters. The quantitative estimate of drug-likeness (QED) is 0.626. The van der Waals surface area contributed by atoms with E-state index in [1.807, 2.05) is 4.90 Å². The fraction of sp³-hybridized carbons (Fsp3) is 0.500. The predicted molar refractivity (Wildman–Crippen MR) is 76.8 cm³/mol. The number of likely N-dealkylation sites (tertiary alicyclic amines) is 1. The summed E-state index contributed by atoms with van der Waals surface area (Å²) in [7, 11) is 1.62. The lowest BCUT2D eigenvalue weighted by Crippen LogP contribution is -2.24. The van der Waals surface area contributed by atoms with Gasteiger partial charge in [-0.1, -0.05) is 6.07 Å². The zero-order chi connectivity index (χ0) is 15.5. The van der Waals surface area contributed by atoms with Crippen LogP contribution in [-0.2, 0) is 17.5 Å². The normalized spacial score (nSPS) is 19.5. The SMILES string of the molecule is CO[C@H]1CCN(Cc2ccc(N=C=S)cc2C(F)(F)F)C1. The van der Waals surface area contributed by atoms with E-state index in [-0.39, 0.29) is 23.9 Å². The highest BCUT2D eigenvalue weighted by molar-refractivity contribution is 7.78. The van der Waals surface area contributed by atoms with Crippen LogP contribution in [0.1, 0.15) is 17.5 Å². The zero-order valence-corrected chi connectivity index (χ0v) is 12.3. The average Bonchev–Trinajstić information content (AvgIpc) is 2.87. The highest BCUT2D eigenvalue weighted by Crippen LogP contribution is 2.35. The van der Waals surface area contributed by atoms with Crippen molar-refractivity contribution < 1.29 is 17.9 Å². The van der Waals surface area contributed by atoms with Crippen LogP contribution in [0.4, 0.5) is 18.9 Å². The first-order valence-electron chi connectivity index (χ1n) is 6.47. The van der Waals surface area contributed by atoms with Gasteiger partial charge in [-0.25, -0.2) is 0 Å². The summed E-state index contributed by atoms with van der Waals surface area (Å²) in [4.78, 5) is 5.57. The molecule has 1 aromatic carbocycles. The molecule has 21 heavy (non-hydrogen) atoms. The molecule has 1 heterocycles. The Morgan fingerprint density at radius 1 is 1.48 bits per heavy atom. The molecular weight excluding hydrogens is 301 g/mol. The second kappa shape index (κ2) is 6.66. The standard InChI is InChI=1S/C14H15F3N2OS/c1-20-12-4-5-19(8-12)7-10-2-3-11(18-9-21)6-13(10)14(15,16)17/h2-3,6,12H,4-5,7-8H2,1H3/t12-/m0/s1. The number of hydrogen-bond acceptors (Lipinski definition) is 4. The highest BCUT2D eigenvalue weighted by atomic mass is 32.1. The second-order valence-corrected chi connectivity index (χ2v) is 5.11. The first kappa shape index (κ1) is 16.1. The third kappa shape index (κ3) is 4.11. The molecule has 1 aromatic rings. The van der Waals surface area contributed by atoms with Gasteiger partial charge in [0.25, 0.3) is 0 Å². The summed E-state index contributed by atoms with van der Waals surface area (Å²) in [6.45, 7) is 1.62. The van der Waals surface area contributed by atoms with Gasteiger partial charge in [-0.2, -0.15) is 18.2 Å². The molecule has 0 amide bonds. The Bertz CT molecular complexity index is 556. The van der Waals surface area contributed by atoms with Gasteiger partial charge in [0.2, 0.25) is 0 Å². The molecule has 1 saturated heterocycles. The molecule has 1 fully saturated rings. The summed E-state index contributed by atoms with van der Waals surface area (Å²) < 4.78 is 44.7. The van der Waals surface area contributed by atoms with Crippen LogP contribution in [0.25, 0.3) is 0 Å². The van der Waals surface area contributed by atoms with Gasteiger partial charge in [0.05, 0.1) is 22.5 Å². The van der Waals surface area contributed by atoms with E-state index in [0.29, 0.717) is 6.54 Å². The van der Waals surface area contributed by atoms with Gasteiger partial charge in [-0.3, -0.25) is 4.90 Å². The number of halogens is 3. The molecule has 114 valence electrons. The van der Waals surface area contributed by atoms with Crippen LogP contribution in [-0.4, -0.2) is 36.4 Å². The molecule has 7 heteroatoms. The van der Waals surface area contributed by atoms with E-state index in [2.05, 4.69) is 22.4 Å². The maximum absolute atomic E-state index is 13.2. The van der Waals surface area contributed by atoms with Crippen molar-refractivity contribution in [3.05, 3.63) is 29.3 Å². The minimum Gasteiger partial charge on any atom is -0.380 e. The Hall–Kier alpha value is -1.27. The Kier molecular flexibility index (Phi) is 5.11. The highest BCUT2D eigenvalue weighted by Gasteiger charge is 2.34. The van der Waals surface area contributed by atoms with Gasteiger partial charge in [0.1, 0.15) is 0 Å². The van der Waals surface area contributed by atoms with Crippen LogP contribution in [0.15, 0.2) is 23.2 Å². The summed E-state index contributed by atoms with van der Waals surface area (Å²) in [6, 6.07) is 3.99. The van der Waals surface area contributed by atoms with Gasteiger partial charge in [-0.15, -0.1) is 0 Å². The van der Waals surface area contributed by atoms with Crippen molar-refractivity contribution >= 4 is 23.1 Å². The molecule has 0 saturated carbocycles. The molecule has 0 aromatic heterocycles. The van der Waals surface area contributed by atoms with E-state index >= 15 is 0 Å². The maximum Gasteiger partial charge on any atom is 0.416 e. The number of thiocarbonyl (C=S) groups is 1. The van der Waals surface area contributed by atoms with Gasteiger partial charge in [-0.05, 0) is 36.3 Å². The van der Waals surface area contributed by atoms with Crippen LogP contribution in [0, 0.1) is 0 Å². The number of aliphatic imine (C=N–C) groups is 1.